The van der Waals surface area contributed by atoms with Crippen LogP contribution in [0.5, 0.6) is 11.8 Å². The minimum absolute atomic E-state index is 0.0170. The molecule has 1 saturated carbocycles. The van der Waals surface area contributed by atoms with Crippen LogP contribution in [0.1, 0.15) is 90.9 Å². The van der Waals surface area contributed by atoms with Crippen molar-refractivity contribution in [1.82, 2.24) is 14.9 Å². The van der Waals surface area contributed by atoms with Gasteiger partial charge in [-0.3, -0.25) is 0 Å². The smallest absolute Gasteiger partial charge is 0.484 e. The van der Waals surface area contributed by atoms with Gasteiger partial charge in [0.2, 0.25) is 0 Å². The summed E-state index contributed by atoms with van der Waals surface area (Å²) in [7, 11) is 3.06. The number of benzene rings is 3. The molecular formula is C42H55BN4O7. The standard InChI is InChI=1S/C42H55BN4O7/c1-26(49-9)23-50-39-44-36-34(38(45-39)46(8)30-19-20-47(22-30)40(48)54-41(3,4)5)21-33(29-17-18-29)35(43-51-24-42(6,7)25-52-43)37(36)53-27(2)31-16-12-14-28-13-10-11-15-32(28)31/h10-16,21,26-27,29-30H,17-20,22-25H2,1-9H3/t26-,27-,30-/m0/s1. The van der Waals surface area contributed by atoms with E-state index in [1.807, 2.05) is 34.7 Å². The van der Waals surface area contributed by atoms with Crippen LogP contribution in [-0.2, 0) is 18.8 Å². The SMILES string of the molecule is CO[C@@H](C)COc1nc(N(C)[C@H]2CCN(C(=O)OC(C)(C)C)C2)c2cc(C3CC3)c(B3OCC(C)(C)CO3)c(O[C@@H](C)c3cccc4ccccc34)c2n1. The first-order valence-corrected chi connectivity index (χ1v) is 19.3. The van der Waals surface area contributed by atoms with Gasteiger partial charge in [0.25, 0.3) is 0 Å². The highest BCUT2D eigenvalue weighted by Gasteiger charge is 2.42. The van der Waals surface area contributed by atoms with E-state index in [0.29, 0.717) is 49.3 Å². The summed E-state index contributed by atoms with van der Waals surface area (Å²) in [4.78, 5) is 27.2. The summed E-state index contributed by atoms with van der Waals surface area (Å²) >= 11 is 0. The van der Waals surface area contributed by atoms with Crippen molar-refractivity contribution in [3.63, 3.8) is 0 Å². The second-order valence-electron chi connectivity index (χ2n) is 17.0. The van der Waals surface area contributed by atoms with E-state index in [1.54, 1.807) is 12.0 Å². The molecule has 0 unspecified atom stereocenters. The van der Waals surface area contributed by atoms with Crippen molar-refractivity contribution in [2.24, 2.45) is 5.41 Å². The average Bonchev–Trinajstić information content (AvgIpc) is 3.87. The van der Waals surface area contributed by atoms with Crippen LogP contribution in [0.25, 0.3) is 21.7 Å². The van der Waals surface area contributed by atoms with E-state index < -0.39 is 12.7 Å². The van der Waals surface area contributed by atoms with Crippen molar-refractivity contribution in [3.8, 4) is 11.8 Å². The minimum atomic E-state index is -0.626. The molecule has 3 fully saturated rings. The molecule has 11 nitrogen and oxygen atoms in total. The summed E-state index contributed by atoms with van der Waals surface area (Å²) in [5.41, 5.74) is 3.02. The number of carbonyl (C=O) groups is 1. The molecule has 2 aliphatic heterocycles. The number of amides is 1. The molecule has 2 saturated heterocycles. The third kappa shape index (κ3) is 8.26. The molecule has 0 N–H and O–H groups in total. The van der Waals surface area contributed by atoms with Crippen molar-refractivity contribution in [2.45, 2.75) is 97.5 Å². The summed E-state index contributed by atoms with van der Waals surface area (Å²) in [6, 6.07) is 17.1. The predicted octanol–water partition coefficient (Wildman–Crippen LogP) is 7.43. The largest absolute Gasteiger partial charge is 0.498 e. The predicted molar refractivity (Wildman–Crippen MR) is 212 cm³/mol. The maximum absolute atomic E-state index is 13.1. The molecule has 3 aliphatic rings. The topological polar surface area (TPSA) is 105 Å². The second kappa shape index (κ2) is 15.2. The number of anilines is 1. The Morgan fingerprint density at radius 1 is 1.04 bits per heavy atom. The lowest BCUT2D eigenvalue weighted by atomic mass is 9.71. The zero-order chi connectivity index (χ0) is 38.4. The lowest BCUT2D eigenvalue weighted by Crippen LogP contribution is -2.49. The monoisotopic (exact) mass is 738 g/mol. The van der Waals surface area contributed by atoms with Gasteiger partial charge in [-0.2, -0.15) is 9.97 Å². The molecule has 1 aromatic heterocycles. The number of fused-ring (bicyclic) bond motifs is 2. The van der Waals surface area contributed by atoms with E-state index in [2.05, 4.69) is 74.2 Å². The van der Waals surface area contributed by atoms with Crippen molar-refractivity contribution in [1.29, 1.82) is 0 Å². The molecule has 0 radical (unpaired) electrons. The first kappa shape index (κ1) is 38.2. The first-order valence-electron chi connectivity index (χ1n) is 19.3. The summed E-state index contributed by atoms with van der Waals surface area (Å²) in [5.74, 6) is 1.65. The number of carbonyl (C=O) groups excluding carboxylic acids is 1. The lowest BCUT2D eigenvalue weighted by molar-refractivity contribution is 0.0292. The number of rotatable bonds is 11. The molecule has 0 spiro atoms. The first-order chi connectivity index (χ1) is 25.7. The second-order valence-corrected chi connectivity index (χ2v) is 17.0. The fourth-order valence-electron chi connectivity index (χ4n) is 7.35. The number of ether oxygens (including phenoxy) is 4. The normalized spacial score (nSPS) is 19.9. The summed E-state index contributed by atoms with van der Waals surface area (Å²) in [6.07, 6.45) is 2.05. The molecule has 4 aromatic rings. The number of nitrogens with zero attached hydrogens (tertiary/aromatic N) is 4. The number of hydrogen-bond acceptors (Lipinski definition) is 10. The van der Waals surface area contributed by atoms with E-state index in [1.165, 1.54) is 0 Å². The van der Waals surface area contributed by atoms with Crippen LogP contribution in [-0.4, -0.2) is 92.9 Å². The van der Waals surface area contributed by atoms with Gasteiger partial charge in [-0.1, -0.05) is 56.3 Å². The Morgan fingerprint density at radius 3 is 2.46 bits per heavy atom. The number of hydrogen-bond donors (Lipinski definition) is 0. The van der Waals surface area contributed by atoms with Crippen LogP contribution >= 0.6 is 0 Å². The maximum Gasteiger partial charge on any atom is 0.498 e. The molecule has 7 rings (SSSR count). The van der Waals surface area contributed by atoms with Crippen LogP contribution in [0.3, 0.4) is 0 Å². The van der Waals surface area contributed by atoms with Crippen LogP contribution in [0.15, 0.2) is 48.5 Å². The Kier molecular flexibility index (Phi) is 10.7. The van der Waals surface area contributed by atoms with Gasteiger partial charge < -0.3 is 38.1 Å². The third-order valence-corrected chi connectivity index (χ3v) is 10.6. The summed E-state index contributed by atoms with van der Waals surface area (Å²) in [6.45, 7) is 16.5. The van der Waals surface area contributed by atoms with Crippen molar-refractivity contribution >= 4 is 46.2 Å². The van der Waals surface area contributed by atoms with Gasteiger partial charge in [0, 0.05) is 62.8 Å². The highest BCUT2D eigenvalue weighted by atomic mass is 16.6. The number of aromatic nitrogens is 2. The van der Waals surface area contributed by atoms with Gasteiger partial charge >= 0.3 is 19.2 Å². The van der Waals surface area contributed by atoms with E-state index in [9.17, 15) is 4.79 Å². The van der Waals surface area contributed by atoms with Crippen molar-refractivity contribution < 1.29 is 33.1 Å². The third-order valence-electron chi connectivity index (χ3n) is 10.6. The van der Waals surface area contributed by atoms with Crippen LogP contribution < -0.4 is 19.8 Å². The zero-order valence-electron chi connectivity index (χ0n) is 33.3. The molecule has 288 valence electrons. The quantitative estimate of drug-likeness (QED) is 0.144. The molecule has 12 heteroatoms. The van der Waals surface area contributed by atoms with Crippen LogP contribution in [0, 0.1) is 5.41 Å². The lowest BCUT2D eigenvalue weighted by Gasteiger charge is -2.35. The van der Waals surface area contributed by atoms with Gasteiger partial charge in [-0.15, -0.1) is 0 Å². The molecular weight excluding hydrogens is 683 g/mol. The Morgan fingerprint density at radius 2 is 1.76 bits per heavy atom. The maximum atomic E-state index is 13.1. The molecule has 1 amide bonds. The molecule has 3 atom stereocenters. The van der Waals surface area contributed by atoms with Crippen LogP contribution in [0.4, 0.5) is 10.6 Å². The van der Waals surface area contributed by atoms with Gasteiger partial charge in [-0.05, 0) is 87.8 Å². The Labute approximate surface area is 319 Å². The molecule has 1 aliphatic carbocycles. The zero-order valence-corrected chi connectivity index (χ0v) is 33.3. The molecule has 3 heterocycles. The molecule has 0 bridgehead atoms. The number of methoxy groups -OCH3 is 1. The minimum Gasteiger partial charge on any atom is -0.484 e. The van der Waals surface area contributed by atoms with Gasteiger partial charge in [0.1, 0.15) is 35.4 Å². The van der Waals surface area contributed by atoms with Crippen molar-refractivity contribution in [3.05, 3.63) is 59.7 Å². The fraction of sp³-hybridized carbons (Fsp3) is 0.548. The highest BCUT2D eigenvalue weighted by Crippen LogP contribution is 2.45. The Balaban J connectivity index is 1.38. The number of likely N-dealkylation sites (tertiary alicyclic amines) is 1. The highest BCUT2D eigenvalue weighted by molar-refractivity contribution is 6.63. The summed E-state index contributed by atoms with van der Waals surface area (Å²) < 4.78 is 37.8. The van der Waals surface area contributed by atoms with E-state index in [4.69, 9.17) is 38.2 Å². The summed E-state index contributed by atoms with van der Waals surface area (Å²) in [5, 5.41) is 3.13. The van der Waals surface area contributed by atoms with Gasteiger partial charge in [0.15, 0.2) is 0 Å². The Hall–Kier alpha value is -4.13. The van der Waals surface area contributed by atoms with Gasteiger partial charge in [0.05, 0.1) is 6.10 Å². The average molecular weight is 739 g/mol. The van der Waals surface area contributed by atoms with Crippen molar-refractivity contribution in [2.75, 3.05) is 52.0 Å². The molecule has 3 aromatic carbocycles. The van der Waals surface area contributed by atoms with Gasteiger partial charge in [-0.25, -0.2) is 4.79 Å². The molecule has 54 heavy (non-hydrogen) atoms. The van der Waals surface area contributed by atoms with E-state index >= 15 is 0 Å². The van der Waals surface area contributed by atoms with E-state index in [-0.39, 0.29) is 42.4 Å². The number of likely N-dealkylation sites (N-methyl/N-ethyl adjacent to an activating group) is 1. The van der Waals surface area contributed by atoms with Crippen LogP contribution in [0.2, 0.25) is 0 Å². The fourth-order valence-corrected chi connectivity index (χ4v) is 7.35. The van der Waals surface area contributed by atoms with E-state index in [0.717, 1.165) is 52.0 Å². The Bertz CT molecular complexity index is 1980.